The van der Waals surface area contributed by atoms with Crippen molar-refractivity contribution in [2.24, 2.45) is 5.92 Å². The smallest absolute Gasteiger partial charge is 0.273 e. The van der Waals surface area contributed by atoms with Crippen molar-refractivity contribution in [3.63, 3.8) is 0 Å². The van der Waals surface area contributed by atoms with E-state index in [4.69, 9.17) is 4.55 Å². The zero-order chi connectivity index (χ0) is 9.19. The molecule has 1 aliphatic carbocycles. The molecule has 5 heteroatoms. The van der Waals surface area contributed by atoms with Gasteiger partial charge in [-0.1, -0.05) is 19.8 Å². The maximum absolute atomic E-state index is 10.5. The molecule has 4 nitrogen and oxygen atoms in total. The summed E-state index contributed by atoms with van der Waals surface area (Å²) in [4.78, 5) is 0. The largest absolute Gasteiger partial charge is 0.333 e. The van der Waals surface area contributed by atoms with Gasteiger partial charge in [0.1, 0.15) is 0 Å². The Morgan fingerprint density at radius 2 is 1.92 bits per heavy atom. The van der Waals surface area contributed by atoms with Gasteiger partial charge in [0.25, 0.3) is 0 Å². The minimum absolute atomic E-state index is 0.0752. The van der Waals surface area contributed by atoms with E-state index in [0.29, 0.717) is 5.92 Å². The quantitative estimate of drug-likeness (QED) is 0.642. The van der Waals surface area contributed by atoms with Gasteiger partial charge in [-0.3, -0.25) is 4.55 Å². The third kappa shape index (κ3) is 3.08. The fourth-order valence-corrected chi connectivity index (χ4v) is 2.42. The van der Waals surface area contributed by atoms with Crippen LogP contribution in [-0.4, -0.2) is 19.0 Å². The van der Waals surface area contributed by atoms with Gasteiger partial charge in [-0.2, -0.15) is 13.1 Å². The molecule has 72 valence electrons. The first-order chi connectivity index (χ1) is 5.49. The molecule has 0 aromatic rings. The van der Waals surface area contributed by atoms with Gasteiger partial charge in [-0.05, 0) is 18.8 Å². The summed E-state index contributed by atoms with van der Waals surface area (Å²) in [5.41, 5.74) is 0. The summed E-state index contributed by atoms with van der Waals surface area (Å²) in [6.45, 7) is 2.00. The van der Waals surface area contributed by atoms with Crippen LogP contribution in [0.25, 0.3) is 0 Å². The normalized spacial score (nSPS) is 31.8. The minimum atomic E-state index is -4.01. The van der Waals surface area contributed by atoms with E-state index in [1.54, 1.807) is 0 Å². The molecule has 0 bridgehead atoms. The Bertz CT molecular complexity index is 237. The van der Waals surface area contributed by atoms with E-state index in [1.807, 2.05) is 6.92 Å². The second-order valence-electron chi connectivity index (χ2n) is 3.46. The van der Waals surface area contributed by atoms with Gasteiger partial charge in [0.05, 0.1) is 0 Å². The van der Waals surface area contributed by atoms with Gasteiger partial charge in [-0.15, -0.1) is 0 Å². The van der Waals surface area contributed by atoms with Crippen molar-refractivity contribution in [1.29, 1.82) is 0 Å². The first kappa shape index (κ1) is 9.95. The van der Waals surface area contributed by atoms with Gasteiger partial charge in [0.2, 0.25) is 0 Å². The Hall–Kier alpha value is -0.130. The maximum atomic E-state index is 10.5. The molecular formula is C7H15NO3S. The second kappa shape index (κ2) is 3.72. The zero-order valence-electron chi connectivity index (χ0n) is 7.16. The molecule has 12 heavy (non-hydrogen) atoms. The zero-order valence-corrected chi connectivity index (χ0v) is 7.97. The third-order valence-electron chi connectivity index (χ3n) is 2.41. The fourth-order valence-electron chi connectivity index (χ4n) is 1.68. The molecule has 0 amide bonds. The van der Waals surface area contributed by atoms with Crippen molar-refractivity contribution < 1.29 is 13.0 Å². The maximum Gasteiger partial charge on any atom is 0.333 e. The SMILES string of the molecule is C[C@H]1CCCC[C@H]1NS(=O)(=O)O. The van der Waals surface area contributed by atoms with Crippen LogP contribution in [0.5, 0.6) is 0 Å². The van der Waals surface area contributed by atoms with Crippen LogP contribution in [0.2, 0.25) is 0 Å². The van der Waals surface area contributed by atoms with E-state index in [0.717, 1.165) is 25.7 Å². The summed E-state index contributed by atoms with van der Waals surface area (Å²) in [6.07, 6.45) is 4.07. The highest BCUT2D eigenvalue weighted by molar-refractivity contribution is 7.83. The Morgan fingerprint density at radius 1 is 1.33 bits per heavy atom. The first-order valence-electron chi connectivity index (χ1n) is 4.24. The van der Waals surface area contributed by atoms with Crippen LogP contribution in [0.15, 0.2) is 0 Å². The van der Waals surface area contributed by atoms with Crippen LogP contribution in [0.3, 0.4) is 0 Å². The van der Waals surface area contributed by atoms with E-state index >= 15 is 0 Å². The highest BCUT2D eigenvalue weighted by Gasteiger charge is 2.24. The van der Waals surface area contributed by atoms with Crippen LogP contribution < -0.4 is 4.72 Å². The fraction of sp³-hybridized carbons (Fsp3) is 1.00. The van der Waals surface area contributed by atoms with Crippen molar-refractivity contribution >= 4 is 10.3 Å². The predicted molar refractivity (Wildman–Crippen MR) is 46.1 cm³/mol. The van der Waals surface area contributed by atoms with Gasteiger partial charge in [0, 0.05) is 6.04 Å². The molecule has 0 aliphatic heterocycles. The van der Waals surface area contributed by atoms with E-state index in [9.17, 15) is 8.42 Å². The molecule has 2 N–H and O–H groups in total. The molecule has 1 rings (SSSR count). The van der Waals surface area contributed by atoms with Crippen LogP contribution in [0, 0.1) is 5.92 Å². The lowest BCUT2D eigenvalue weighted by atomic mass is 9.87. The Morgan fingerprint density at radius 3 is 2.42 bits per heavy atom. The molecule has 1 aliphatic rings. The summed E-state index contributed by atoms with van der Waals surface area (Å²) >= 11 is 0. The lowest BCUT2D eigenvalue weighted by molar-refractivity contribution is 0.302. The average molecular weight is 193 g/mol. The van der Waals surface area contributed by atoms with Crippen LogP contribution >= 0.6 is 0 Å². The Labute approximate surface area is 73.2 Å². The first-order valence-corrected chi connectivity index (χ1v) is 5.68. The Balaban J connectivity index is 2.50. The van der Waals surface area contributed by atoms with Crippen LogP contribution in [0.4, 0.5) is 0 Å². The van der Waals surface area contributed by atoms with Crippen molar-refractivity contribution in [2.45, 2.75) is 38.6 Å². The molecule has 1 saturated carbocycles. The molecule has 2 atom stereocenters. The molecular weight excluding hydrogens is 178 g/mol. The third-order valence-corrected chi connectivity index (χ3v) is 3.01. The number of rotatable bonds is 2. The lowest BCUT2D eigenvalue weighted by Crippen LogP contribution is -2.40. The summed E-state index contributed by atoms with van der Waals surface area (Å²) in [5, 5.41) is 0. The average Bonchev–Trinajstić information content (AvgIpc) is 1.91. The highest BCUT2D eigenvalue weighted by Crippen LogP contribution is 2.23. The van der Waals surface area contributed by atoms with Crippen molar-refractivity contribution in [2.75, 3.05) is 0 Å². The molecule has 0 aromatic heterocycles. The van der Waals surface area contributed by atoms with Crippen molar-refractivity contribution in [3.8, 4) is 0 Å². The summed E-state index contributed by atoms with van der Waals surface area (Å²) < 4.78 is 31.8. The van der Waals surface area contributed by atoms with E-state index < -0.39 is 10.3 Å². The van der Waals surface area contributed by atoms with Crippen molar-refractivity contribution in [1.82, 2.24) is 4.72 Å². The molecule has 0 spiro atoms. The molecule has 0 aromatic carbocycles. The highest BCUT2D eigenvalue weighted by atomic mass is 32.2. The molecule has 0 heterocycles. The topological polar surface area (TPSA) is 66.4 Å². The molecule has 0 radical (unpaired) electrons. The summed E-state index contributed by atoms with van der Waals surface area (Å²) in [7, 11) is -4.01. The van der Waals surface area contributed by atoms with Gasteiger partial charge in [-0.25, -0.2) is 0 Å². The van der Waals surface area contributed by atoms with E-state index in [1.165, 1.54) is 0 Å². The minimum Gasteiger partial charge on any atom is -0.273 e. The number of nitrogens with one attached hydrogen (secondary N) is 1. The van der Waals surface area contributed by atoms with Gasteiger partial charge in [0.15, 0.2) is 0 Å². The monoisotopic (exact) mass is 193 g/mol. The van der Waals surface area contributed by atoms with Gasteiger partial charge >= 0.3 is 10.3 Å². The summed E-state index contributed by atoms with van der Waals surface area (Å²) in [5.74, 6) is 0.334. The summed E-state index contributed by atoms with van der Waals surface area (Å²) in [6, 6.07) is -0.0752. The van der Waals surface area contributed by atoms with Gasteiger partial charge < -0.3 is 0 Å². The second-order valence-corrected chi connectivity index (χ2v) is 4.65. The van der Waals surface area contributed by atoms with E-state index in [-0.39, 0.29) is 6.04 Å². The number of hydrogen-bond donors (Lipinski definition) is 2. The van der Waals surface area contributed by atoms with E-state index in [2.05, 4.69) is 4.72 Å². The molecule has 0 saturated heterocycles. The van der Waals surface area contributed by atoms with Crippen LogP contribution in [-0.2, 0) is 10.3 Å². The van der Waals surface area contributed by atoms with Crippen molar-refractivity contribution in [3.05, 3.63) is 0 Å². The predicted octanol–water partition coefficient (Wildman–Crippen LogP) is 0.958. The number of hydrogen-bond acceptors (Lipinski definition) is 2. The molecule has 0 unspecified atom stereocenters. The lowest BCUT2D eigenvalue weighted by Gasteiger charge is -2.27. The Kier molecular flexibility index (Phi) is 3.09. The molecule has 1 fully saturated rings. The van der Waals surface area contributed by atoms with Crippen LogP contribution in [0.1, 0.15) is 32.6 Å². The standard InChI is InChI=1S/C7H15NO3S/c1-6-4-2-3-5-7(6)8-12(9,10)11/h6-8H,2-5H2,1H3,(H,9,10,11)/t6-,7+/m0/s1.